The summed E-state index contributed by atoms with van der Waals surface area (Å²) >= 11 is 0. The minimum atomic E-state index is -0.795. The Hall–Kier alpha value is -0.610. The fourth-order valence-electron chi connectivity index (χ4n) is 1.26. The van der Waals surface area contributed by atoms with E-state index in [1.807, 2.05) is 0 Å². The molecule has 0 radical (unpaired) electrons. The van der Waals surface area contributed by atoms with Crippen molar-refractivity contribution in [2.45, 2.75) is 31.9 Å². The lowest BCUT2D eigenvalue weighted by molar-refractivity contribution is -0.141. The van der Waals surface area contributed by atoms with E-state index in [0.717, 1.165) is 6.42 Å². The summed E-state index contributed by atoms with van der Waals surface area (Å²) in [6.45, 7) is 3.37. The van der Waals surface area contributed by atoms with E-state index < -0.39 is 5.97 Å². The molecule has 0 aromatic rings. The average molecular weight is 173 g/mol. The molecular weight excluding hydrogens is 158 g/mol. The van der Waals surface area contributed by atoms with Gasteiger partial charge >= 0.3 is 5.97 Å². The maximum absolute atomic E-state index is 10.3. The van der Waals surface area contributed by atoms with Crippen molar-refractivity contribution in [3.05, 3.63) is 0 Å². The molecule has 4 nitrogen and oxygen atoms in total. The Balaban J connectivity index is 2.21. The summed E-state index contributed by atoms with van der Waals surface area (Å²) < 4.78 is 5.35. The first kappa shape index (κ1) is 9.48. The lowest BCUT2D eigenvalue weighted by atomic mass is 10.1. The van der Waals surface area contributed by atoms with Gasteiger partial charge in [-0.2, -0.15) is 0 Å². The van der Waals surface area contributed by atoms with Crippen LogP contribution in [0.3, 0.4) is 0 Å². The standard InChI is InChI=1S/C8H15NO3/c1-2-6-5-12-7(4-9-6)3-8(10)11/h6-7,9H,2-5H2,1H3,(H,10,11)/t6-,7+/m0/s1. The highest BCUT2D eigenvalue weighted by atomic mass is 16.5. The van der Waals surface area contributed by atoms with Gasteiger partial charge in [-0.3, -0.25) is 4.79 Å². The molecule has 0 unspecified atom stereocenters. The van der Waals surface area contributed by atoms with Crippen LogP contribution < -0.4 is 5.32 Å². The first-order chi connectivity index (χ1) is 5.72. The molecule has 1 saturated heterocycles. The van der Waals surface area contributed by atoms with Gasteiger partial charge in [0.15, 0.2) is 0 Å². The van der Waals surface area contributed by atoms with Gasteiger partial charge in [-0.05, 0) is 6.42 Å². The van der Waals surface area contributed by atoms with Gasteiger partial charge in [-0.1, -0.05) is 6.92 Å². The van der Waals surface area contributed by atoms with E-state index in [2.05, 4.69) is 12.2 Å². The topological polar surface area (TPSA) is 58.6 Å². The Morgan fingerprint density at radius 3 is 2.92 bits per heavy atom. The molecule has 0 aromatic heterocycles. The van der Waals surface area contributed by atoms with Crippen molar-refractivity contribution in [1.82, 2.24) is 5.32 Å². The number of hydrogen-bond acceptors (Lipinski definition) is 3. The number of ether oxygens (including phenoxy) is 1. The number of hydrogen-bond donors (Lipinski definition) is 2. The summed E-state index contributed by atoms with van der Waals surface area (Å²) in [4.78, 5) is 10.3. The second-order valence-electron chi connectivity index (χ2n) is 3.07. The van der Waals surface area contributed by atoms with Crippen molar-refractivity contribution < 1.29 is 14.6 Å². The van der Waals surface area contributed by atoms with Crippen LogP contribution in [0, 0.1) is 0 Å². The molecular formula is C8H15NO3. The van der Waals surface area contributed by atoms with Crippen molar-refractivity contribution >= 4 is 5.97 Å². The van der Waals surface area contributed by atoms with Crippen molar-refractivity contribution in [2.75, 3.05) is 13.2 Å². The smallest absolute Gasteiger partial charge is 0.306 e. The van der Waals surface area contributed by atoms with Crippen molar-refractivity contribution in [1.29, 1.82) is 0 Å². The van der Waals surface area contributed by atoms with Gasteiger partial charge in [0.25, 0.3) is 0 Å². The zero-order valence-corrected chi connectivity index (χ0v) is 7.25. The number of aliphatic carboxylic acids is 1. The molecule has 70 valence electrons. The van der Waals surface area contributed by atoms with Crippen molar-refractivity contribution in [3.8, 4) is 0 Å². The lowest BCUT2D eigenvalue weighted by Gasteiger charge is -2.28. The van der Waals surface area contributed by atoms with Gasteiger partial charge in [0.1, 0.15) is 0 Å². The summed E-state index contributed by atoms with van der Waals surface area (Å²) in [5.41, 5.74) is 0. The third-order valence-electron chi connectivity index (χ3n) is 2.06. The van der Waals surface area contributed by atoms with Crippen LogP contribution in [-0.4, -0.2) is 36.4 Å². The van der Waals surface area contributed by atoms with E-state index in [1.54, 1.807) is 0 Å². The summed E-state index contributed by atoms with van der Waals surface area (Å²) in [6, 6.07) is 0.398. The fraction of sp³-hybridized carbons (Fsp3) is 0.875. The van der Waals surface area contributed by atoms with Crippen LogP contribution >= 0.6 is 0 Å². The highest BCUT2D eigenvalue weighted by Crippen LogP contribution is 2.06. The third kappa shape index (κ3) is 2.79. The van der Waals surface area contributed by atoms with E-state index in [1.165, 1.54) is 0 Å². The molecule has 0 saturated carbocycles. The molecule has 4 heteroatoms. The minimum Gasteiger partial charge on any atom is -0.481 e. The Bertz CT molecular complexity index is 152. The van der Waals surface area contributed by atoms with Crippen LogP contribution in [0.5, 0.6) is 0 Å². The van der Waals surface area contributed by atoms with Gasteiger partial charge in [0, 0.05) is 12.6 Å². The van der Waals surface area contributed by atoms with Crippen LogP contribution in [0.15, 0.2) is 0 Å². The van der Waals surface area contributed by atoms with E-state index in [4.69, 9.17) is 9.84 Å². The van der Waals surface area contributed by atoms with E-state index in [9.17, 15) is 4.79 Å². The molecule has 12 heavy (non-hydrogen) atoms. The summed E-state index contributed by atoms with van der Waals surface area (Å²) in [5.74, 6) is -0.795. The van der Waals surface area contributed by atoms with Crippen LogP contribution in [0.25, 0.3) is 0 Å². The van der Waals surface area contributed by atoms with Gasteiger partial charge in [0.05, 0.1) is 19.1 Å². The first-order valence-corrected chi connectivity index (χ1v) is 4.29. The summed E-state index contributed by atoms with van der Waals surface area (Å²) in [5, 5.41) is 11.7. The van der Waals surface area contributed by atoms with Gasteiger partial charge in [0.2, 0.25) is 0 Å². The highest BCUT2D eigenvalue weighted by molar-refractivity contribution is 5.67. The minimum absolute atomic E-state index is 0.101. The number of carbonyl (C=O) groups is 1. The summed E-state index contributed by atoms with van der Waals surface area (Å²) in [7, 11) is 0. The number of carboxylic acids is 1. The van der Waals surface area contributed by atoms with E-state index in [-0.39, 0.29) is 12.5 Å². The molecule has 1 fully saturated rings. The zero-order valence-electron chi connectivity index (χ0n) is 7.25. The molecule has 0 amide bonds. The van der Waals surface area contributed by atoms with Gasteiger partial charge < -0.3 is 15.2 Å². The Kier molecular flexibility index (Phi) is 3.49. The van der Waals surface area contributed by atoms with Crippen LogP contribution in [0.1, 0.15) is 19.8 Å². The van der Waals surface area contributed by atoms with E-state index in [0.29, 0.717) is 19.2 Å². The number of rotatable bonds is 3. The maximum Gasteiger partial charge on any atom is 0.306 e. The Labute approximate surface area is 71.9 Å². The monoisotopic (exact) mass is 173 g/mol. The average Bonchev–Trinajstić information content (AvgIpc) is 2.05. The lowest BCUT2D eigenvalue weighted by Crippen LogP contribution is -2.46. The zero-order chi connectivity index (χ0) is 8.97. The Morgan fingerprint density at radius 2 is 2.50 bits per heavy atom. The first-order valence-electron chi connectivity index (χ1n) is 4.29. The molecule has 1 rings (SSSR count). The molecule has 1 heterocycles. The summed E-state index contributed by atoms with van der Waals surface area (Å²) in [6.07, 6.45) is 0.980. The maximum atomic E-state index is 10.3. The third-order valence-corrected chi connectivity index (χ3v) is 2.06. The van der Waals surface area contributed by atoms with Gasteiger partial charge in [-0.25, -0.2) is 0 Å². The van der Waals surface area contributed by atoms with E-state index >= 15 is 0 Å². The fourth-order valence-corrected chi connectivity index (χ4v) is 1.26. The number of carboxylic acid groups (broad SMARTS) is 1. The quantitative estimate of drug-likeness (QED) is 0.641. The van der Waals surface area contributed by atoms with Crippen LogP contribution in [-0.2, 0) is 9.53 Å². The van der Waals surface area contributed by atoms with Crippen LogP contribution in [0.2, 0.25) is 0 Å². The molecule has 1 aliphatic rings. The molecule has 0 bridgehead atoms. The molecule has 2 N–H and O–H groups in total. The predicted octanol–water partition coefficient (Wildman–Crippen LogP) is 0.228. The molecule has 1 aliphatic heterocycles. The largest absolute Gasteiger partial charge is 0.481 e. The van der Waals surface area contributed by atoms with Crippen LogP contribution in [0.4, 0.5) is 0 Å². The number of morpholine rings is 1. The van der Waals surface area contributed by atoms with Gasteiger partial charge in [-0.15, -0.1) is 0 Å². The molecule has 0 aliphatic carbocycles. The molecule has 2 atom stereocenters. The normalized spacial score (nSPS) is 30.1. The van der Waals surface area contributed by atoms with Crippen molar-refractivity contribution in [3.63, 3.8) is 0 Å². The highest BCUT2D eigenvalue weighted by Gasteiger charge is 2.21. The Morgan fingerprint density at radius 1 is 1.75 bits per heavy atom. The second kappa shape index (κ2) is 4.42. The predicted molar refractivity (Wildman–Crippen MR) is 44.1 cm³/mol. The molecule has 0 aromatic carbocycles. The second-order valence-corrected chi connectivity index (χ2v) is 3.07. The SMILES string of the molecule is CC[C@H]1CO[C@H](CC(=O)O)CN1. The molecule has 0 spiro atoms. The number of nitrogens with one attached hydrogen (secondary N) is 1. The van der Waals surface area contributed by atoms with Crippen molar-refractivity contribution in [2.24, 2.45) is 0 Å².